The summed E-state index contributed by atoms with van der Waals surface area (Å²) in [4.78, 5) is 13.2. The van der Waals surface area contributed by atoms with E-state index in [1.54, 1.807) is 12.1 Å². The smallest absolute Gasteiger partial charge is 0.266 e. The monoisotopic (exact) mass is 364 g/mol. The van der Waals surface area contributed by atoms with Gasteiger partial charge in [-0.05, 0) is 48.5 Å². The molecule has 128 valence electrons. The fourth-order valence-corrected chi connectivity index (χ4v) is 2.89. The number of carbonyl (C=O) groups is 1. The minimum absolute atomic E-state index is 0.111. The predicted molar refractivity (Wildman–Crippen MR) is 97.9 cm³/mol. The van der Waals surface area contributed by atoms with Crippen LogP contribution in [0.2, 0.25) is 0 Å². The summed E-state index contributed by atoms with van der Waals surface area (Å²) in [6, 6.07) is 20.3. The van der Waals surface area contributed by atoms with Gasteiger partial charge in [-0.1, -0.05) is 30.0 Å². The van der Waals surface area contributed by atoms with Crippen LogP contribution in [0.3, 0.4) is 0 Å². The molecule has 0 aliphatic carbocycles. The third-order valence-electron chi connectivity index (χ3n) is 3.32. The minimum Gasteiger partial charge on any atom is -0.450 e. The highest BCUT2D eigenvalue weighted by molar-refractivity contribution is 7.99. The van der Waals surface area contributed by atoms with E-state index in [9.17, 15) is 14.4 Å². The summed E-state index contributed by atoms with van der Waals surface area (Å²) in [6.07, 6.45) is 1.37. The van der Waals surface area contributed by atoms with Gasteiger partial charge in [0, 0.05) is 16.7 Å². The fraction of sp³-hybridized carbons (Fsp3) is 0. The van der Waals surface area contributed by atoms with Crippen LogP contribution in [0.5, 0.6) is 0 Å². The number of nitrogens with one attached hydrogen (secondary N) is 1. The van der Waals surface area contributed by atoms with Gasteiger partial charge >= 0.3 is 0 Å². The Hall–Kier alpha value is -3.30. The molecule has 26 heavy (non-hydrogen) atoms. The molecule has 0 radical (unpaired) electrons. The number of benzene rings is 2. The number of carbonyl (C=O) groups excluding carboxylic acids is 1. The van der Waals surface area contributed by atoms with Crippen molar-refractivity contribution in [3.05, 3.63) is 83.9 Å². The van der Waals surface area contributed by atoms with E-state index in [1.807, 2.05) is 36.4 Å². The highest BCUT2D eigenvalue weighted by Crippen LogP contribution is 2.29. The molecule has 0 saturated heterocycles. The largest absolute Gasteiger partial charge is 0.450 e. The number of amides is 1. The normalized spacial score (nSPS) is 11.0. The van der Waals surface area contributed by atoms with Gasteiger partial charge in [-0.25, -0.2) is 4.39 Å². The SMILES string of the molecule is N#CC(=Cc1ccc(Sc2ccccc2)o1)C(=O)Nc1ccc(F)cc1. The molecule has 0 saturated carbocycles. The Morgan fingerprint density at radius 3 is 2.50 bits per heavy atom. The number of anilines is 1. The summed E-state index contributed by atoms with van der Waals surface area (Å²) >= 11 is 1.44. The zero-order valence-corrected chi connectivity index (χ0v) is 14.3. The second-order valence-electron chi connectivity index (χ2n) is 5.20. The Morgan fingerprint density at radius 2 is 1.81 bits per heavy atom. The van der Waals surface area contributed by atoms with E-state index in [0.29, 0.717) is 16.5 Å². The van der Waals surface area contributed by atoms with Gasteiger partial charge in [0.05, 0.1) is 0 Å². The van der Waals surface area contributed by atoms with Gasteiger partial charge in [0.1, 0.15) is 23.2 Å². The first-order valence-electron chi connectivity index (χ1n) is 7.65. The molecule has 1 heterocycles. The van der Waals surface area contributed by atoms with E-state index >= 15 is 0 Å². The van der Waals surface area contributed by atoms with E-state index in [-0.39, 0.29) is 5.57 Å². The molecule has 3 rings (SSSR count). The molecule has 0 bridgehead atoms. The molecule has 0 unspecified atom stereocenters. The van der Waals surface area contributed by atoms with Crippen LogP contribution in [0.25, 0.3) is 6.08 Å². The molecule has 0 aliphatic rings. The van der Waals surface area contributed by atoms with Crippen molar-refractivity contribution in [1.29, 1.82) is 5.26 Å². The van der Waals surface area contributed by atoms with Crippen molar-refractivity contribution in [3.63, 3.8) is 0 Å². The van der Waals surface area contributed by atoms with Crippen LogP contribution in [-0.2, 0) is 4.79 Å². The molecule has 1 aromatic heterocycles. The predicted octanol–water partition coefficient (Wildman–Crippen LogP) is 5.12. The number of rotatable bonds is 5. The minimum atomic E-state index is -0.590. The van der Waals surface area contributed by atoms with E-state index in [0.717, 1.165) is 4.90 Å². The van der Waals surface area contributed by atoms with E-state index in [4.69, 9.17) is 4.42 Å². The molecule has 0 aliphatic heterocycles. The van der Waals surface area contributed by atoms with Crippen LogP contribution < -0.4 is 5.32 Å². The second-order valence-corrected chi connectivity index (χ2v) is 6.28. The van der Waals surface area contributed by atoms with Crippen LogP contribution >= 0.6 is 11.8 Å². The summed E-state index contributed by atoms with van der Waals surface area (Å²) in [5.74, 6) is -0.597. The fourth-order valence-electron chi connectivity index (χ4n) is 2.09. The van der Waals surface area contributed by atoms with Gasteiger partial charge in [-0.3, -0.25) is 4.79 Å². The summed E-state index contributed by atoms with van der Waals surface area (Å²) in [6.45, 7) is 0. The summed E-state index contributed by atoms with van der Waals surface area (Å²) in [7, 11) is 0. The third kappa shape index (κ3) is 4.62. The van der Waals surface area contributed by atoms with E-state index in [2.05, 4.69) is 5.32 Å². The lowest BCUT2D eigenvalue weighted by atomic mass is 10.2. The zero-order valence-electron chi connectivity index (χ0n) is 13.5. The van der Waals surface area contributed by atoms with Crippen LogP contribution in [0.1, 0.15) is 5.76 Å². The molecule has 1 amide bonds. The van der Waals surface area contributed by atoms with Crippen molar-refractivity contribution in [1.82, 2.24) is 0 Å². The lowest BCUT2D eigenvalue weighted by Crippen LogP contribution is -2.13. The average Bonchev–Trinajstić information content (AvgIpc) is 3.09. The standard InChI is InChI=1S/C20H13FN2O2S/c21-15-6-8-16(9-7-15)23-20(24)14(13-22)12-17-10-11-19(25-17)26-18-4-2-1-3-5-18/h1-12H,(H,23,24). The maximum Gasteiger partial charge on any atom is 0.266 e. The van der Waals surface area contributed by atoms with Crippen molar-refractivity contribution >= 4 is 29.4 Å². The summed E-state index contributed by atoms with van der Waals surface area (Å²) < 4.78 is 18.5. The highest BCUT2D eigenvalue weighted by atomic mass is 32.2. The number of hydrogen-bond donors (Lipinski definition) is 1. The molecule has 3 aromatic rings. The molecule has 0 spiro atoms. The van der Waals surface area contributed by atoms with E-state index < -0.39 is 11.7 Å². The maximum atomic E-state index is 12.9. The number of hydrogen-bond acceptors (Lipinski definition) is 4. The van der Waals surface area contributed by atoms with Crippen molar-refractivity contribution in [2.24, 2.45) is 0 Å². The molecular weight excluding hydrogens is 351 g/mol. The highest BCUT2D eigenvalue weighted by Gasteiger charge is 2.11. The van der Waals surface area contributed by atoms with Gasteiger partial charge in [0.2, 0.25) is 0 Å². The molecule has 1 N–H and O–H groups in total. The third-order valence-corrected chi connectivity index (χ3v) is 4.25. The second kappa shape index (κ2) is 8.19. The molecule has 2 aromatic carbocycles. The molecule has 0 fully saturated rings. The summed E-state index contributed by atoms with van der Waals surface area (Å²) in [5.41, 5.74) is 0.289. The van der Waals surface area contributed by atoms with Crippen molar-refractivity contribution in [2.75, 3.05) is 5.32 Å². The molecule has 6 heteroatoms. The quantitative estimate of drug-likeness (QED) is 0.504. The Labute approximate surface area is 154 Å². The number of furan rings is 1. The average molecular weight is 364 g/mol. The Balaban J connectivity index is 1.71. The first kappa shape index (κ1) is 17.5. The Morgan fingerprint density at radius 1 is 1.08 bits per heavy atom. The first-order chi connectivity index (χ1) is 12.6. The van der Waals surface area contributed by atoms with Crippen LogP contribution in [0.15, 0.2) is 86.7 Å². The maximum absolute atomic E-state index is 12.9. The van der Waals surface area contributed by atoms with E-state index in [1.165, 1.54) is 42.1 Å². The lowest BCUT2D eigenvalue weighted by Gasteiger charge is -2.03. The number of nitriles is 1. The van der Waals surface area contributed by atoms with Gasteiger partial charge in [0.25, 0.3) is 5.91 Å². The molecule has 4 nitrogen and oxygen atoms in total. The molecule has 0 atom stereocenters. The van der Waals surface area contributed by atoms with Gasteiger partial charge in [0.15, 0.2) is 5.09 Å². The Kier molecular flexibility index (Phi) is 5.52. The van der Waals surface area contributed by atoms with Crippen molar-refractivity contribution in [3.8, 4) is 6.07 Å². The van der Waals surface area contributed by atoms with Gasteiger partial charge in [-0.15, -0.1) is 0 Å². The number of halogens is 1. The van der Waals surface area contributed by atoms with Crippen LogP contribution in [0, 0.1) is 17.1 Å². The van der Waals surface area contributed by atoms with Crippen molar-refractivity contribution < 1.29 is 13.6 Å². The molecular formula is C20H13FN2O2S. The topological polar surface area (TPSA) is 66.0 Å². The first-order valence-corrected chi connectivity index (χ1v) is 8.47. The summed E-state index contributed by atoms with van der Waals surface area (Å²) in [5, 5.41) is 12.4. The van der Waals surface area contributed by atoms with Gasteiger partial charge in [-0.2, -0.15) is 5.26 Å². The van der Waals surface area contributed by atoms with Gasteiger partial charge < -0.3 is 9.73 Å². The zero-order chi connectivity index (χ0) is 18.4. The Bertz CT molecular complexity index is 973. The van der Waals surface area contributed by atoms with Crippen LogP contribution in [-0.4, -0.2) is 5.91 Å². The number of nitrogens with zero attached hydrogens (tertiary/aromatic N) is 1. The lowest BCUT2D eigenvalue weighted by molar-refractivity contribution is -0.112. The van der Waals surface area contributed by atoms with Crippen LogP contribution in [0.4, 0.5) is 10.1 Å². The van der Waals surface area contributed by atoms with Crippen molar-refractivity contribution in [2.45, 2.75) is 9.99 Å².